The van der Waals surface area contributed by atoms with Crippen molar-refractivity contribution in [2.24, 2.45) is 0 Å². The molecule has 1 aromatic carbocycles. The molecule has 0 aliphatic heterocycles. The van der Waals surface area contributed by atoms with Crippen molar-refractivity contribution in [1.29, 1.82) is 0 Å². The summed E-state index contributed by atoms with van der Waals surface area (Å²) in [4.78, 5) is 16.5. The van der Waals surface area contributed by atoms with Gasteiger partial charge < -0.3 is 9.84 Å². The molecular formula is C18H21N5O2S. The van der Waals surface area contributed by atoms with Gasteiger partial charge in [-0.05, 0) is 32.4 Å². The molecule has 2 aromatic heterocycles. The van der Waals surface area contributed by atoms with Crippen LogP contribution in [0.1, 0.15) is 29.9 Å². The number of benzene rings is 1. The maximum atomic E-state index is 12.4. The first kappa shape index (κ1) is 18.2. The monoisotopic (exact) mass is 371 g/mol. The Morgan fingerprint density at radius 2 is 2.04 bits per heavy atom. The van der Waals surface area contributed by atoms with Crippen LogP contribution in [0.4, 0.5) is 5.82 Å². The summed E-state index contributed by atoms with van der Waals surface area (Å²) < 4.78 is 6.84. The van der Waals surface area contributed by atoms with Gasteiger partial charge in [0.05, 0.1) is 22.9 Å². The van der Waals surface area contributed by atoms with Gasteiger partial charge in [-0.15, -0.1) is 11.8 Å². The smallest absolute Gasteiger partial charge is 0.236 e. The molecule has 136 valence electrons. The predicted octanol–water partition coefficient (Wildman–Crippen LogP) is 3.31. The van der Waals surface area contributed by atoms with Crippen LogP contribution in [0.5, 0.6) is 0 Å². The first-order valence-electron chi connectivity index (χ1n) is 8.39. The third-order valence-corrected chi connectivity index (χ3v) is 4.76. The van der Waals surface area contributed by atoms with Gasteiger partial charge in [0.2, 0.25) is 11.8 Å². The fraction of sp³-hybridized carbons (Fsp3) is 0.333. The largest absolute Gasteiger partial charge is 0.338 e. The topological polar surface area (TPSA) is 85.8 Å². The van der Waals surface area contributed by atoms with E-state index < -0.39 is 0 Å². The number of rotatable bonds is 7. The Hall–Kier alpha value is -2.61. The van der Waals surface area contributed by atoms with Crippen molar-refractivity contribution >= 4 is 23.5 Å². The highest BCUT2D eigenvalue weighted by atomic mass is 32.2. The third-order valence-electron chi connectivity index (χ3n) is 3.84. The highest BCUT2D eigenvalue weighted by Crippen LogP contribution is 2.24. The summed E-state index contributed by atoms with van der Waals surface area (Å²) in [7, 11) is 0. The summed E-state index contributed by atoms with van der Waals surface area (Å²) in [6, 6.07) is 9.79. The first-order valence-corrected chi connectivity index (χ1v) is 9.54. The van der Waals surface area contributed by atoms with E-state index in [1.165, 1.54) is 11.8 Å². The molecular weight excluding hydrogens is 350 g/mol. The van der Waals surface area contributed by atoms with E-state index in [2.05, 4.69) is 27.5 Å². The molecule has 3 aromatic rings. The lowest BCUT2D eigenvalue weighted by molar-refractivity contribution is -0.113. The van der Waals surface area contributed by atoms with E-state index in [1.807, 2.05) is 37.3 Å². The molecule has 0 spiro atoms. The van der Waals surface area contributed by atoms with Gasteiger partial charge in [0.25, 0.3) is 0 Å². The second kappa shape index (κ2) is 8.18. The molecule has 1 N–H and O–H groups in total. The number of thioether (sulfide) groups is 1. The van der Waals surface area contributed by atoms with Crippen LogP contribution in [0.25, 0.3) is 5.69 Å². The quantitative estimate of drug-likeness (QED) is 0.686. The average Bonchev–Trinajstić information content (AvgIpc) is 3.19. The van der Waals surface area contributed by atoms with Crippen molar-refractivity contribution in [3.8, 4) is 5.69 Å². The van der Waals surface area contributed by atoms with Gasteiger partial charge in [-0.3, -0.25) is 4.79 Å². The summed E-state index contributed by atoms with van der Waals surface area (Å²) in [5.74, 6) is 2.55. The van der Waals surface area contributed by atoms with Gasteiger partial charge in [-0.2, -0.15) is 10.1 Å². The summed E-state index contributed by atoms with van der Waals surface area (Å²) in [5.41, 5.74) is 2.87. The summed E-state index contributed by atoms with van der Waals surface area (Å²) >= 11 is 1.43. The van der Waals surface area contributed by atoms with E-state index in [0.29, 0.717) is 29.0 Å². The molecule has 0 aliphatic carbocycles. The lowest BCUT2D eigenvalue weighted by Crippen LogP contribution is -2.17. The highest BCUT2D eigenvalue weighted by Gasteiger charge is 2.17. The summed E-state index contributed by atoms with van der Waals surface area (Å²) in [6.45, 7) is 5.80. The molecule has 26 heavy (non-hydrogen) atoms. The zero-order valence-electron chi connectivity index (χ0n) is 15.0. The number of anilines is 1. The number of nitrogens with one attached hydrogen (secondary N) is 1. The molecule has 8 heteroatoms. The Morgan fingerprint density at radius 3 is 2.69 bits per heavy atom. The number of amides is 1. The van der Waals surface area contributed by atoms with E-state index >= 15 is 0 Å². The van der Waals surface area contributed by atoms with Crippen molar-refractivity contribution in [2.75, 3.05) is 11.1 Å². The van der Waals surface area contributed by atoms with Crippen LogP contribution in [0.2, 0.25) is 0 Å². The number of aryl methyl sites for hydroxylation is 2. The minimum absolute atomic E-state index is 0.0888. The van der Waals surface area contributed by atoms with Crippen molar-refractivity contribution in [2.45, 2.75) is 32.9 Å². The van der Waals surface area contributed by atoms with Gasteiger partial charge in [0, 0.05) is 5.56 Å². The third kappa shape index (κ3) is 4.13. The molecule has 0 saturated heterocycles. The van der Waals surface area contributed by atoms with Crippen LogP contribution in [-0.4, -0.2) is 31.6 Å². The minimum Gasteiger partial charge on any atom is -0.338 e. The first-order chi connectivity index (χ1) is 12.6. The van der Waals surface area contributed by atoms with Gasteiger partial charge in [-0.1, -0.05) is 30.3 Å². The molecule has 0 bridgehead atoms. The van der Waals surface area contributed by atoms with E-state index in [9.17, 15) is 4.79 Å². The van der Waals surface area contributed by atoms with Gasteiger partial charge >= 0.3 is 0 Å². The van der Waals surface area contributed by atoms with E-state index in [-0.39, 0.29) is 5.91 Å². The van der Waals surface area contributed by atoms with Crippen molar-refractivity contribution in [3.05, 3.63) is 53.3 Å². The summed E-state index contributed by atoms with van der Waals surface area (Å²) in [5, 5.41) is 11.4. The van der Waals surface area contributed by atoms with Crippen molar-refractivity contribution in [3.63, 3.8) is 0 Å². The van der Waals surface area contributed by atoms with Gasteiger partial charge in [0.1, 0.15) is 5.82 Å². The SMILES string of the molecule is CCc1nn(-c2ccccc2)c(NC(=O)CSCc2nc(C)no2)c1C. The highest BCUT2D eigenvalue weighted by molar-refractivity contribution is 7.99. The fourth-order valence-electron chi connectivity index (χ4n) is 2.58. The number of carbonyl (C=O) groups excluding carboxylic acids is 1. The fourth-order valence-corrected chi connectivity index (χ4v) is 3.23. The molecule has 7 nitrogen and oxygen atoms in total. The molecule has 0 saturated carbocycles. The maximum absolute atomic E-state index is 12.4. The molecule has 0 aliphatic rings. The van der Waals surface area contributed by atoms with Crippen LogP contribution >= 0.6 is 11.8 Å². The Balaban J connectivity index is 1.70. The van der Waals surface area contributed by atoms with Crippen LogP contribution in [-0.2, 0) is 17.0 Å². The Morgan fingerprint density at radius 1 is 1.27 bits per heavy atom. The number of carbonyl (C=O) groups is 1. The zero-order valence-corrected chi connectivity index (χ0v) is 15.8. The standard InChI is InChI=1S/C18H21N5O2S/c1-4-15-12(2)18(23(21-15)14-8-6-5-7-9-14)20-16(24)10-26-11-17-19-13(3)22-25-17/h5-9H,4,10-11H2,1-3H3,(H,20,24). The molecule has 0 unspecified atom stereocenters. The second-order valence-electron chi connectivity index (χ2n) is 5.80. The lowest BCUT2D eigenvalue weighted by Gasteiger charge is -2.10. The van der Waals surface area contributed by atoms with E-state index in [1.54, 1.807) is 11.6 Å². The molecule has 2 heterocycles. The predicted molar refractivity (Wildman–Crippen MR) is 102 cm³/mol. The number of aromatic nitrogens is 4. The number of para-hydroxylation sites is 1. The maximum Gasteiger partial charge on any atom is 0.236 e. The molecule has 3 rings (SSSR count). The van der Waals surface area contributed by atoms with E-state index in [4.69, 9.17) is 4.52 Å². The zero-order chi connectivity index (χ0) is 18.5. The molecule has 0 atom stereocenters. The number of hydrogen-bond donors (Lipinski definition) is 1. The normalized spacial score (nSPS) is 10.9. The molecule has 1 amide bonds. The lowest BCUT2D eigenvalue weighted by atomic mass is 10.2. The van der Waals surface area contributed by atoms with Crippen molar-refractivity contribution < 1.29 is 9.32 Å². The number of hydrogen-bond acceptors (Lipinski definition) is 6. The minimum atomic E-state index is -0.0888. The Bertz CT molecular complexity index is 888. The summed E-state index contributed by atoms with van der Waals surface area (Å²) in [6.07, 6.45) is 0.805. The molecule has 0 fully saturated rings. The second-order valence-corrected chi connectivity index (χ2v) is 6.78. The van der Waals surface area contributed by atoms with Crippen LogP contribution < -0.4 is 5.32 Å². The van der Waals surface area contributed by atoms with Crippen LogP contribution in [0.3, 0.4) is 0 Å². The molecule has 0 radical (unpaired) electrons. The van der Waals surface area contributed by atoms with Crippen LogP contribution in [0, 0.1) is 13.8 Å². The average molecular weight is 371 g/mol. The van der Waals surface area contributed by atoms with Crippen molar-refractivity contribution in [1.82, 2.24) is 19.9 Å². The van der Waals surface area contributed by atoms with E-state index in [0.717, 1.165) is 23.4 Å². The Kier molecular flexibility index (Phi) is 5.72. The Labute approximate surface area is 156 Å². The van der Waals surface area contributed by atoms with Gasteiger partial charge in [-0.25, -0.2) is 4.68 Å². The van der Waals surface area contributed by atoms with Crippen LogP contribution in [0.15, 0.2) is 34.9 Å². The van der Waals surface area contributed by atoms with Gasteiger partial charge in [0.15, 0.2) is 5.82 Å². The number of nitrogens with zero attached hydrogens (tertiary/aromatic N) is 4.